The first kappa shape index (κ1) is 12.7. The lowest BCUT2D eigenvalue weighted by atomic mass is 10.1. The molecular weight excluding hydrogens is 241 g/mol. The van der Waals surface area contributed by atoms with Crippen LogP contribution < -0.4 is 4.90 Å². The molecule has 1 aliphatic rings. The Bertz CT molecular complexity index is 399. The summed E-state index contributed by atoms with van der Waals surface area (Å²) >= 11 is 5.69. The van der Waals surface area contributed by atoms with Crippen LogP contribution in [0.1, 0.15) is 19.4 Å². The fourth-order valence-corrected chi connectivity index (χ4v) is 2.27. The molecule has 2 nitrogen and oxygen atoms in total. The molecule has 1 aromatic rings. The molecule has 1 saturated heterocycles. The predicted molar refractivity (Wildman–Crippen MR) is 68.2 cm³/mol. The van der Waals surface area contributed by atoms with Crippen LogP contribution >= 0.6 is 11.6 Å². The summed E-state index contributed by atoms with van der Waals surface area (Å²) in [6.07, 6.45) is 0.137. The molecule has 2 rings (SSSR count). The second kappa shape index (κ2) is 5.23. The summed E-state index contributed by atoms with van der Waals surface area (Å²) in [7, 11) is 0. The minimum absolute atomic E-state index is 0.137. The van der Waals surface area contributed by atoms with Crippen LogP contribution in [0.15, 0.2) is 18.2 Å². The molecule has 0 bridgehead atoms. The van der Waals surface area contributed by atoms with Crippen LogP contribution in [0.4, 0.5) is 10.1 Å². The van der Waals surface area contributed by atoms with Crippen LogP contribution in [-0.2, 0) is 10.6 Å². The maximum Gasteiger partial charge on any atom is 0.146 e. The lowest BCUT2D eigenvalue weighted by molar-refractivity contribution is 0.0341. The van der Waals surface area contributed by atoms with Crippen molar-refractivity contribution in [1.29, 1.82) is 0 Å². The van der Waals surface area contributed by atoms with Crippen molar-refractivity contribution in [2.75, 3.05) is 18.1 Å². The van der Waals surface area contributed by atoms with Crippen molar-refractivity contribution in [3.05, 3.63) is 29.6 Å². The first-order valence-electron chi connectivity index (χ1n) is 5.84. The molecule has 1 fully saturated rings. The van der Waals surface area contributed by atoms with E-state index in [2.05, 4.69) is 4.90 Å². The average Bonchev–Trinajstić information content (AvgIpc) is 2.32. The molecule has 1 aromatic carbocycles. The van der Waals surface area contributed by atoms with Gasteiger partial charge in [0.05, 0.1) is 18.4 Å². The van der Waals surface area contributed by atoms with Crippen molar-refractivity contribution in [3.63, 3.8) is 0 Å². The zero-order valence-electron chi connectivity index (χ0n) is 10.1. The van der Waals surface area contributed by atoms with Gasteiger partial charge in [0.15, 0.2) is 0 Å². The number of benzene rings is 1. The highest BCUT2D eigenvalue weighted by Gasteiger charge is 2.25. The minimum Gasteiger partial charge on any atom is -0.375 e. The molecule has 2 atom stereocenters. The van der Waals surface area contributed by atoms with E-state index in [1.54, 1.807) is 0 Å². The smallest absolute Gasteiger partial charge is 0.146 e. The Morgan fingerprint density at radius 2 is 2.24 bits per heavy atom. The fourth-order valence-electron chi connectivity index (χ4n) is 2.11. The lowest BCUT2D eigenvalue weighted by Crippen LogP contribution is -2.47. The molecule has 0 aliphatic carbocycles. The minimum atomic E-state index is -0.205. The van der Waals surface area contributed by atoms with E-state index in [9.17, 15) is 4.39 Å². The number of alkyl halides is 1. The van der Waals surface area contributed by atoms with E-state index in [-0.39, 0.29) is 18.0 Å². The summed E-state index contributed by atoms with van der Waals surface area (Å²) in [5.41, 5.74) is 1.45. The largest absolute Gasteiger partial charge is 0.375 e. The number of hydrogen-bond donors (Lipinski definition) is 0. The van der Waals surface area contributed by atoms with E-state index in [1.807, 2.05) is 26.0 Å². The average molecular weight is 258 g/mol. The van der Waals surface area contributed by atoms with Gasteiger partial charge in [0.2, 0.25) is 0 Å². The van der Waals surface area contributed by atoms with Crippen LogP contribution in [0.2, 0.25) is 0 Å². The Morgan fingerprint density at radius 3 is 2.88 bits per heavy atom. The van der Waals surface area contributed by atoms with Crippen LogP contribution in [0, 0.1) is 5.82 Å². The Kier molecular flexibility index (Phi) is 3.89. The van der Waals surface area contributed by atoms with E-state index < -0.39 is 0 Å². The predicted octanol–water partition coefficient (Wildman–Crippen LogP) is 3.18. The maximum absolute atomic E-state index is 14.0. The molecule has 94 valence electrons. The second-order valence-electron chi connectivity index (χ2n) is 4.56. The number of rotatable bonds is 2. The molecule has 0 amide bonds. The van der Waals surface area contributed by atoms with Crippen LogP contribution in [0.3, 0.4) is 0 Å². The molecule has 4 heteroatoms. The fraction of sp³-hybridized carbons (Fsp3) is 0.538. The van der Waals surface area contributed by atoms with Gasteiger partial charge in [-0.15, -0.1) is 11.6 Å². The van der Waals surface area contributed by atoms with Crippen molar-refractivity contribution < 1.29 is 9.13 Å². The lowest BCUT2D eigenvalue weighted by Gasteiger charge is -2.38. The summed E-state index contributed by atoms with van der Waals surface area (Å²) in [6, 6.07) is 5.39. The van der Waals surface area contributed by atoms with Gasteiger partial charge in [0, 0.05) is 18.5 Å². The van der Waals surface area contributed by atoms with E-state index in [1.165, 1.54) is 6.07 Å². The van der Waals surface area contributed by atoms with Crippen molar-refractivity contribution in [1.82, 2.24) is 0 Å². The highest BCUT2D eigenvalue weighted by atomic mass is 35.5. The third-order valence-corrected chi connectivity index (χ3v) is 3.39. The van der Waals surface area contributed by atoms with Gasteiger partial charge in [-0.25, -0.2) is 4.39 Å². The van der Waals surface area contributed by atoms with Crippen molar-refractivity contribution in [2.45, 2.75) is 31.9 Å². The molecule has 1 heterocycles. The van der Waals surface area contributed by atoms with Gasteiger partial charge in [0.25, 0.3) is 0 Å². The molecule has 0 aromatic heterocycles. The number of ether oxygens (including phenoxy) is 1. The normalized spacial score (nSPS) is 25.1. The molecule has 0 spiro atoms. The molecular formula is C13H17ClFNO. The van der Waals surface area contributed by atoms with E-state index in [4.69, 9.17) is 16.3 Å². The van der Waals surface area contributed by atoms with Gasteiger partial charge in [-0.2, -0.15) is 0 Å². The summed E-state index contributed by atoms with van der Waals surface area (Å²) in [4.78, 5) is 2.06. The maximum atomic E-state index is 14.0. The summed E-state index contributed by atoms with van der Waals surface area (Å²) < 4.78 is 19.5. The van der Waals surface area contributed by atoms with Crippen LogP contribution in [0.25, 0.3) is 0 Å². The van der Waals surface area contributed by atoms with Crippen molar-refractivity contribution in [3.8, 4) is 0 Å². The Labute approximate surface area is 106 Å². The molecule has 0 radical (unpaired) electrons. The Hall–Kier alpha value is -0.800. The molecule has 17 heavy (non-hydrogen) atoms. The Balaban J connectivity index is 2.26. The molecule has 0 saturated carbocycles. The van der Waals surface area contributed by atoms with Gasteiger partial charge in [0.1, 0.15) is 5.82 Å². The van der Waals surface area contributed by atoms with Crippen LogP contribution in [-0.4, -0.2) is 25.3 Å². The standard InChI is InChI=1S/C13H17ClFNO/c1-9-8-17-10(2)7-16(9)13-4-3-11(6-14)5-12(13)15/h3-5,9-10H,6-8H2,1-2H3. The number of morpholine rings is 1. The van der Waals surface area contributed by atoms with Crippen molar-refractivity contribution in [2.24, 2.45) is 0 Å². The number of halogens is 2. The summed E-state index contributed by atoms with van der Waals surface area (Å²) in [6.45, 7) is 5.40. The Morgan fingerprint density at radius 1 is 1.47 bits per heavy atom. The van der Waals surface area contributed by atoms with Gasteiger partial charge in [-0.3, -0.25) is 0 Å². The zero-order chi connectivity index (χ0) is 12.4. The second-order valence-corrected chi connectivity index (χ2v) is 4.83. The number of anilines is 1. The van der Waals surface area contributed by atoms with Crippen LogP contribution in [0.5, 0.6) is 0 Å². The zero-order valence-corrected chi connectivity index (χ0v) is 10.9. The molecule has 2 unspecified atom stereocenters. The highest BCUT2D eigenvalue weighted by molar-refractivity contribution is 6.17. The number of hydrogen-bond acceptors (Lipinski definition) is 2. The van der Waals surface area contributed by atoms with Gasteiger partial charge in [-0.05, 0) is 31.5 Å². The summed E-state index contributed by atoms with van der Waals surface area (Å²) in [5, 5.41) is 0. The molecule has 1 aliphatic heterocycles. The van der Waals surface area contributed by atoms with Gasteiger partial charge >= 0.3 is 0 Å². The van der Waals surface area contributed by atoms with E-state index in [0.29, 0.717) is 18.2 Å². The van der Waals surface area contributed by atoms with Gasteiger partial charge in [-0.1, -0.05) is 6.07 Å². The molecule has 0 N–H and O–H groups in total. The third-order valence-electron chi connectivity index (χ3n) is 3.08. The SMILES string of the molecule is CC1CN(c2ccc(CCl)cc2F)C(C)CO1. The first-order valence-corrected chi connectivity index (χ1v) is 6.38. The monoisotopic (exact) mass is 257 g/mol. The quantitative estimate of drug-likeness (QED) is 0.755. The first-order chi connectivity index (χ1) is 8.11. The highest BCUT2D eigenvalue weighted by Crippen LogP contribution is 2.26. The van der Waals surface area contributed by atoms with E-state index >= 15 is 0 Å². The van der Waals surface area contributed by atoms with E-state index in [0.717, 1.165) is 12.1 Å². The third kappa shape index (κ3) is 2.72. The summed E-state index contributed by atoms with van der Waals surface area (Å²) in [5.74, 6) is 0.135. The van der Waals surface area contributed by atoms with Crippen molar-refractivity contribution >= 4 is 17.3 Å². The van der Waals surface area contributed by atoms with Gasteiger partial charge < -0.3 is 9.64 Å². The topological polar surface area (TPSA) is 12.5 Å². The number of nitrogens with zero attached hydrogens (tertiary/aromatic N) is 1.